The lowest BCUT2D eigenvalue weighted by atomic mass is 9.82. The van der Waals surface area contributed by atoms with E-state index in [0.29, 0.717) is 35.7 Å². The summed E-state index contributed by atoms with van der Waals surface area (Å²) < 4.78 is 12.6. The van der Waals surface area contributed by atoms with Crippen molar-refractivity contribution in [1.82, 2.24) is 14.4 Å². The summed E-state index contributed by atoms with van der Waals surface area (Å²) in [5.74, 6) is 2.13. The Labute approximate surface area is 161 Å². The van der Waals surface area contributed by atoms with E-state index < -0.39 is 0 Å². The highest BCUT2D eigenvalue weighted by atomic mass is 16.5. The van der Waals surface area contributed by atoms with Crippen LogP contribution in [0.4, 0.5) is 0 Å². The Bertz CT molecular complexity index is 1230. The minimum atomic E-state index is 0.0548. The van der Waals surface area contributed by atoms with Gasteiger partial charge in [0.15, 0.2) is 17.3 Å². The summed E-state index contributed by atoms with van der Waals surface area (Å²) in [6, 6.07) is 13.7. The number of hydrogen-bond donors (Lipinski definition) is 0. The maximum Gasteiger partial charge on any atom is 0.235 e. The second-order valence-electron chi connectivity index (χ2n) is 7.01. The first-order valence-electron chi connectivity index (χ1n) is 9.20. The predicted molar refractivity (Wildman–Crippen MR) is 105 cm³/mol. The molecule has 0 fully saturated rings. The summed E-state index contributed by atoms with van der Waals surface area (Å²) >= 11 is 0. The maximum atomic E-state index is 12.9. The number of carbonyl (C=O) groups excluding carboxylic acids is 1. The number of para-hydroxylation sites is 2. The van der Waals surface area contributed by atoms with Gasteiger partial charge in [-0.25, -0.2) is 9.97 Å². The van der Waals surface area contributed by atoms with E-state index in [0.717, 1.165) is 22.3 Å². The molecule has 0 spiro atoms. The summed E-state index contributed by atoms with van der Waals surface area (Å²) in [6.45, 7) is 0. The van der Waals surface area contributed by atoms with Gasteiger partial charge in [0.1, 0.15) is 0 Å². The fourth-order valence-electron chi connectivity index (χ4n) is 3.99. The minimum Gasteiger partial charge on any atom is -0.493 e. The van der Waals surface area contributed by atoms with Gasteiger partial charge in [0.25, 0.3) is 0 Å². The van der Waals surface area contributed by atoms with Crippen LogP contribution in [0.2, 0.25) is 0 Å². The lowest BCUT2D eigenvalue weighted by molar-refractivity contribution is 0.0962. The van der Waals surface area contributed by atoms with Crippen LogP contribution >= 0.6 is 0 Å². The first-order valence-corrected chi connectivity index (χ1v) is 9.20. The predicted octanol–water partition coefficient (Wildman–Crippen LogP) is 3.81. The fraction of sp³-hybridized carbons (Fsp3) is 0.227. The van der Waals surface area contributed by atoms with E-state index in [1.165, 1.54) is 0 Å². The molecule has 1 atom stereocenters. The molecule has 6 nitrogen and oxygen atoms in total. The molecule has 0 bridgehead atoms. The molecule has 2 aromatic carbocycles. The Kier molecular flexibility index (Phi) is 3.79. The van der Waals surface area contributed by atoms with E-state index in [1.54, 1.807) is 14.2 Å². The van der Waals surface area contributed by atoms with Gasteiger partial charge in [-0.15, -0.1) is 0 Å². The van der Waals surface area contributed by atoms with Gasteiger partial charge < -0.3 is 9.47 Å². The molecule has 0 amide bonds. The van der Waals surface area contributed by atoms with Crippen LogP contribution in [-0.4, -0.2) is 34.4 Å². The second kappa shape index (κ2) is 6.34. The summed E-state index contributed by atoms with van der Waals surface area (Å²) in [6.07, 6.45) is 3.03. The number of aromatic nitrogens is 3. The van der Waals surface area contributed by atoms with E-state index in [1.807, 2.05) is 53.1 Å². The SMILES string of the molecule is COc1ccc([C@@H]2CC(=O)c3cn4c(nc3C2)nc2ccccc24)cc1OC. The average Bonchev–Trinajstić information content (AvgIpc) is 3.09. The molecule has 0 saturated heterocycles. The normalized spacial score (nSPS) is 16.4. The molecule has 0 aliphatic heterocycles. The smallest absolute Gasteiger partial charge is 0.235 e. The quantitative estimate of drug-likeness (QED) is 0.546. The molecule has 2 heterocycles. The molecular weight excluding hydrogens is 354 g/mol. The Morgan fingerprint density at radius 1 is 1.00 bits per heavy atom. The number of ether oxygens (including phenoxy) is 2. The van der Waals surface area contributed by atoms with Gasteiger partial charge in [-0.3, -0.25) is 9.20 Å². The monoisotopic (exact) mass is 373 g/mol. The Morgan fingerprint density at radius 2 is 1.82 bits per heavy atom. The van der Waals surface area contributed by atoms with Gasteiger partial charge in [0, 0.05) is 12.6 Å². The standard InChI is InChI=1S/C22H19N3O3/c1-27-20-8-7-13(11-21(20)28-2)14-9-17-15(19(26)10-14)12-25-18-6-4-3-5-16(18)23-22(25)24-17/h3-8,11-12,14H,9-10H2,1-2H3/t14-/m0/s1. The number of benzene rings is 2. The molecule has 0 saturated carbocycles. The van der Waals surface area contributed by atoms with Crippen molar-refractivity contribution in [3.05, 3.63) is 65.5 Å². The second-order valence-corrected chi connectivity index (χ2v) is 7.01. The van der Waals surface area contributed by atoms with Crippen molar-refractivity contribution in [1.29, 1.82) is 0 Å². The van der Waals surface area contributed by atoms with Crippen molar-refractivity contribution >= 4 is 22.6 Å². The third-order valence-electron chi connectivity index (χ3n) is 5.43. The number of imidazole rings is 1. The van der Waals surface area contributed by atoms with Crippen LogP contribution in [0.25, 0.3) is 16.8 Å². The van der Waals surface area contributed by atoms with Crippen molar-refractivity contribution in [3.63, 3.8) is 0 Å². The molecule has 2 aromatic heterocycles. The highest BCUT2D eigenvalue weighted by Crippen LogP contribution is 2.36. The van der Waals surface area contributed by atoms with Gasteiger partial charge in [0.2, 0.25) is 5.78 Å². The maximum absolute atomic E-state index is 12.9. The van der Waals surface area contributed by atoms with Crippen molar-refractivity contribution in [3.8, 4) is 11.5 Å². The molecule has 140 valence electrons. The molecule has 4 aromatic rings. The first kappa shape index (κ1) is 16.7. The van der Waals surface area contributed by atoms with Crippen LogP contribution in [0.1, 0.15) is 34.0 Å². The zero-order valence-electron chi connectivity index (χ0n) is 15.7. The Hall–Kier alpha value is -3.41. The number of methoxy groups -OCH3 is 2. The fourth-order valence-corrected chi connectivity index (χ4v) is 3.99. The van der Waals surface area contributed by atoms with Gasteiger partial charge in [0.05, 0.1) is 36.5 Å². The summed E-state index contributed by atoms with van der Waals surface area (Å²) in [7, 11) is 3.23. The number of ketones is 1. The molecule has 28 heavy (non-hydrogen) atoms. The van der Waals surface area contributed by atoms with Crippen molar-refractivity contribution in [2.45, 2.75) is 18.8 Å². The topological polar surface area (TPSA) is 65.7 Å². The lowest BCUT2D eigenvalue weighted by Gasteiger charge is -2.24. The van der Waals surface area contributed by atoms with Crippen LogP contribution in [0.15, 0.2) is 48.7 Å². The van der Waals surface area contributed by atoms with Gasteiger partial charge in [-0.2, -0.15) is 0 Å². The van der Waals surface area contributed by atoms with E-state index in [4.69, 9.17) is 14.5 Å². The van der Waals surface area contributed by atoms with E-state index in [2.05, 4.69) is 4.98 Å². The number of hydrogen-bond acceptors (Lipinski definition) is 5. The average molecular weight is 373 g/mol. The molecule has 6 heteroatoms. The molecule has 1 aliphatic rings. The van der Waals surface area contributed by atoms with Crippen LogP contribution in [0.3, 0.4) is 0 Å². The third kappa shape index (κ3) is 2.52. The van der Waals surface area contributed by atoms with Crippen LogP contribution < -0.4 is 9.47 Å². The van der Waals surface area contributed by atoms with Crippen LogP contribution in [0, 0.1) is 0 Å². The molecule has 0 unspecified atom stereocenters. The Balaban J connectivity index is 1.58. The molecule has 0 radical (unpaired) electrons. The van der Waals surface area contributed by atoms with E-state index in [9.17, 15) is 4.79 Å². The number of nitrogens with zero attached hydrogens (tertiary/aromatic N) is 3. The van der Waals surface area contributed by atoms with Gasteiger partial charge >= 0.3 is 0 Å². The van der Waals surface area contributed by atoms with E-state index in [-0.39, 0.29) is 11.7 Å². The van der Waals surface area contributed by atoms with Crippen molar-refractivity contribution < 1.29 is 14.3 Å². The van der Waals surface area contributed by atoms with Gasteiger partial charge in [-0.1, -0.05) is 18.2 Å². The summed E-state index contributed by atoms with van der Waals surface area (Å²) in [5, 5.41) is 0. The number of fused-ring (bicyclic) bond motifs is 4. The van der Waals surface area contributed by atoms with Crippen LogP contribution in [-0.2, 0) is 6.42 Å². The highest BCUT2D eigenvalue weighted by molar-refractivity contribution is 5.99. The lowest BCUT2D eigenvalue weighted by Crippen LogP contribution is -2.21. The number of carbonyl (C=O) groups is 1. The molecule has 0 N–H and O–H groups in total. The molecule has 1 aliphatic carbocycles. The third-order valence-corrected chi connectivity index (χ3v) is 5.43. The summed E-state index contributed by atoms with van der Waals surface area (Å²) in [4.78, 5) is 22.2. The molecule has 5 rings (SSSR count). The largest absolute Gasteiger partial charge is 0.493 e. The van der Waals surface area contributed by atoms with E-state index >= 15 is 0 Å². The minimum absolute atomic E-state index is 0.0548. The van der Waals surface area contributed by atoms with Crippen LogP contribution in [0.5, 0.6) is 11.5 Å². The van der Waals surface area contributed by atoms with Gasteiger partial charge in [-0.05, 0) is 42.2 Å². The number of Topliss-reactive ketones (excluding diaryl/α,β-unsaturated/α-hetero) is 1. The number of rotatable bonds is 3. The first-order chi connectivity index (χ1) is 13.7. The zero-order chi connectivity index (χ0) is 19.3. The Morgan fingerprint density at radius 3 is 2.64 bits per heavy atom. The molecular formula is C22H19N3O3. The zero-order valence-corrected chi connectivity index (χ0v) is 15.7. The highest BCUT2D eigenvalue weighted by Gasteiger charge is 2.29. The van der Waals surface area contributed by atoms with Crippen molar-refractivity contribution in [2.24, 2.45) is 0 Å². The summed E-state index contributed by atoms with van der Waals surface area (Å²) in [5.41, 5.74) is 4.38. The van der Waals surface area contributed by atoms with Crippen molar-refractivity contribution in [2.75, 3.05) is 14.2 Å².